The zero-order chi connectivity index (χ0) is 7.40. The van der Waals surface area contributed by atoms with Crippen molar-refractivity contribution in [3.63, 3.8) is 0 Å². The topological polar surface area (TPSA) is 17.3 Å². The van der Waals surface area contributed by atoms with E-state index in [4.69, 9.17) is 0 Å². The molecule has 1 heterocycles. The van der Waals surface area contributed by atoms with Crippen molar-refractivity contribution < 1.29 is 31.1 Å². The molecule has 0 aromatic carbocycles. The van der Waals surface area contributed by atoms with Crippen molar-refractivity contribution in [2.75, 3.05) is 26.7 Å². The van der Waals surface area contributed by atoms with E-state index in [1.807, 2.05) is 0 Å². The van der Waals surface area contributed by atoms with E-state index in [2.05, 4.69) is 24.2 Å². The second-order valence-electron chi connectivity index (χ2n) is 3.00. The van der Waals surface area contributed by atoms with Crippen LogP contribution in [0, 0.1) is 31.1 Å². The molecule has 1 unspecified atom stereocenters. The van der Waals surface area contributed by atoms with Gasteiger partial charge < -0.3 is 10.2 Å². The summed E-state index contributed by atoms with van der Waals surface area (Å²) in [4.78, 5) is 2.42. The van der Waals surface area contributed by atoms with E-state index in [1.165, 1.54) is 19.4 Å². The van der Waals surface area contributed by atoms with E-state index in [0.29, 0.717) is 0 Å². The third-order valence-corrected chi connectivity index (χ3v) is 2.23. The Kier molecular flexibility index (Phi) is 7.06. The summed E-state index contributed by atoms with van der Waals surface area (Å²) in [6.07, 6.45) is 2.71. The Morgan fingerprint density at radius 3 is 2.73 bits per heavy atom. The smallest absolute Gasteiger partial charge is 0 e. The molecule has 0 N–H and O–H groups in total. The van der Waals surface area contributed by atoms with Crippen LogP contribution in [0.3, 0.4) is 0 Å². The van der Waals surface area contributed by atoms with Crippen molar-refractivity contribution in [3.8, 4) is 0 Å². The second kappa shape index (κ2) is 6.48. The van der Waals surface area contributed by atoms with Crippen LogP contribution in [0.15, 0.2) is 0 Å². The fourth-order valence-corrected chi connectivity index (χ4v) is 1.49. The van der Waals surface area contributed by atoms with Gasteiger partial charge >= 0.3 is 0 Å². The van der Waals surface area contributed by atoms with Gasteiger partial charge in [0.25, 0.3) is 0 Å². The summed E-state index contributed by atoms with van der Waals surface area (Å²) < 4.78 is 0. The monoisotopic (exact) mass is 379 g/mol. The van der Waals surface area contributed by atoms with Crippen LogP contribution in [0.1, 0.15) is 19.8 Å². The fraction of sp³-hybridized carbons (Fsp3) is 1.00. The van der Waals surface area contributed by atoms with Crippen LogP contribution < -0.4 is 0 Å². The molecule has 0 radical (unpaired) electrons. The van der Waals surface area contributed by atoms with Crippen molar-refractivity contribution in [1.29, 1.82) is 0 Å². The quantitative estimate of drug-likeness (QED) is 0.726. The Balaban J connectivity index is 0.000001000. The van der Waals surface area contributed by atoms with Gasteiger partial charge in [-0.05, 0) is 32.5 Å². The van der Waals surface area contributed by atoms with Crippen molar-refractivity contribution in [1.82, 2.24) is 4.90 Å². The molecule has 3 heteroatoms. The fourth-order valence-electron chi connectivity index (χ4n) is 1.49. The van der Waals surface area contributed by atoms with E-state index in [1.54, 1.807) is 0 Å². The minimum absolute atomic E-state index is 0. The second-order valence-corrected chi connectivity index (χ2v) is 3.00. The Labute approximate surface area is 93.5 Å². The molecule has 0 aromatic heterocycles. The van der Waals surface area contributed by atoms with Crippen molar-refractivity contribution in [2.45, 2.75) is 25.8 Å². The molecule has 0 spiro atoms. The van der Waals surface area contributed by atoms with Crippen molar-refractivity contribution in [2.24, 2.45) is 0 Å². The van der Waals surface area contributed by atoms with Crippen LogP contribution in [0.4, 0.5) is 0 Å². The van der Waals surface area contributed by atoms with Gasteiger partial charge in [0, 0.05) is 31.1 Å². The molecule has 1 saturated heterocycles. The molecule has 0 saturated carbocycles. The van der Waals surface area contributed by atoms with Gasteiger partial charge in [-0.1, -0.05) is 6.92 Å². The maximum Gasteiger partial charge on any atom is 0 e. The Morgan fingerprint density at radius 1 is 1.55 bits per heavy atom. The largest absolute Gasteiger partial charge is 0.661 e. The summed E-state index contributed by atoms with van der Waals surface area (Å²) in [7, 11) is 2.20. The third kappa shape index (κ3) is 3.94. The number of hydrogen-bond donors (Lipinski definition) is 0. The molecule has 1 rings (SSSR count). The molecule has 11 heavy (non-hydrogen) atoms. The summed E-state index contributed by atoms with van der Waals surface area (Å²) in [5.74, 6) is 0. The maximum absolute atomic E-state index is 4.36. The zero-order valence-electron chi connectivity index (χ0n) is 7.51. The first-order valence-electron chi connectivity index (χ1n) is 4.18. The molecular formula is C8H17N2U-. The summed E-state index contributed by atoms with van der Waals surface area (Å²) in [5, 5.41) is 4.36. The zero-order valence-corrected chi connectivity index (χ0v) is 11.7. The van der Waals surface area contributed by atoms with Crippen LogP contribution in [0.2, 0.25) is 0 Å². The molecule has 2 nitrogen and oxygen atoms in total. The van der Waals surface area contributed by atoms with Gasteiger partial charge in [-0.2, -0.15) is 6.54 Å². The predicted molar refractivity (Wildman–Crippen MR) is 44.4 cm³/mol. The van der Waals surface area contributed by atoms with E-state index >= 15 is 0 Å². The molecule has 0 amide bonds. The van der Waals surface area contributed by atoms with E-state index in [9.17, 15) is 0 Å². The Bertz CT molecular complexity index is 98.1. The van der Waals surface area contributed by atoms with Gasteiger partial charge in [-0.25, -0.2) is 0 Å². The first-order valence-corrected chi connectivity index (χ1v) is 4.18. The number of likely N-dealkylation sites (tertiary alicyclic amines) is 1. The maximum atomic E-state index is 4.36. The Hall–Kier alpha value is 0.972. The van der Waals surface area contributed by atoms with Gasteiger partial charge in [-0.15, -0.1) is 6.54 Å². The van der Waals surface area contributed by atoms with Crippen LogP contribution in [0.25, 0.3) is 5.32 Å². The van der Waals surface area contributed by atoms with Crippen molar-refractivity contribution >= 4 is 0 Å². The molecule has 1 aliphatic rings. The minimum atomic E-state index is 0. The summed E-state index contributed by atoms with van der Waals surface area (Å²) in [6.45, 7) is 5.40. The van der Waals surface area contributed by atoms with Crippen molar-refractivity contribution in [3.05, 3.63) is 5.32 Å². The van der Waals surface area contributed by atoms with E-state index < -0.39 is 0 Å². The van der Waals surface area contributed by atoms with Gasteiger partial charge in [0.1, 0.15) is 0 Å². The number of hydrogen-bond acceptors (Lipinski definition) is 1. The van der Waals surface area contributed by atoms with E-state index in [0.717, 1.165) is 19.1 Å². The molecule has 1 fully saturated rings. The van der Waals surface area contributed by atoms with Crippen LogP contribution in [0.5, 0.6) is 0 Å². The molecule has 0 aliphatic carbocycles. The molecular weight excluding hydrogens is 362 g/mol. The summed E-state index contributed by atoms with van der Waals surface area (Å²) in [6, 6.07) is 0.750. The summed E-state index contributed by atoms with van der Waals surface area (Å²) in [5.41, 5.74) is 0. The molecule has 0 aromatic rings. The molecule has 1 atom stereocenters. The minimum Gasteiger partial charge on any atom is -0.661 e. The third-order valence-electron chi connectivity index (χ3n) is 2.23. The van der Waals surface area contributed by atoms with Gasteiger partial charge in [-0.3, -0.25) is 0 Å². The van der Waals surface area contributed by atoms with Gasteiger partial charge in [0.15, 0.2) is 0 Å². The van der Waals surface area contributed by atoms with Crippen LogP contribution in [-0.2, 0) is 0 Å². The molecule has 0 bridgehead atoms. The normalized spacial score (nSPS) is 25.1. The summed E-state index contributed by atoms with van der Waals surface area (Å²) >= 11 is 0. The SMILES string of the molecule is CC[N-]CC1CCCN1C.[U]. The molecule has 1 aliphatic heterocycles. The van der Waals surface area contributed by atoms with Gasteiger partial charge in [0.05, 0.1) is 0 Å². The first-order chi connectivity index (χ1) is 4.84. The average Bonchev–Trinajstić information content (AvgIpc) is 2.31. The average molecular weight is 379 g/mol. The number of likely N-dealkylation sites (N-methyl/N-ethyl adjacent to an activating group) is 2. The van der Waals surface area contributed by atoms with Crippen LogP contribution >= 0.6 is 0 Å². The molecule has 64 valence electrons. The number of nitrogens with zero attached hydrogens (tertiary/aromatic N) is 2. The first kappa shape index (κ1) is 12.0. The predicted octanol–water partition coefficient (Wildman–Crippen LogP) is 1.47. The Morgan fingerprint density at radius 2 is 2.27 bits per heavy atom. The van der Waals surface area contributed by atoms with E-state index in [-0.39, 0.29) is 31.1 Å². The standard InChI is InChI=1S/C8H17N2.U/c1-3-9-7-8-5-4-6-10(8)2;/h8H,3-7H2,1-2H3;/q-1;. The van der Waals surface area contributed by atoms with Gasteiger partial charge in [0.2, 0.25) is 0 Å². The number of rotatable bonds is 3. The van der Waals surface area contributed by atoms with Crippen LogP contribution in [-0.4, -0.2) is 37.6 Å².